The monoisotopic (exact) mass is 1240 g/mol. The molecule has 9 nitrogen and oxygen atoms in total. The number of esters is 2. The minimum absolute atomic E-state index is 0.0344. The highest BCUT2D eigenvalue weighted by Gasteiger charge is 2.26. The lowest BCUT2D eigenvalue weighted by Gasteiger charge is -2.19. The zero-order valence-corrected chi connectivity index (χ0v) is 56.5. The van der Waals surface area contributed by atoms with Crippen LogP contribution in [0.15, 0.2) is 219 Å². The molecule has 0 aliphatic heterocycles. The van der Waals surface area contributed by atoms with Gasteiger partial charge in [-0.3, -0.25) is 18.6 Å². The maximum absolute atomic E-state index is 12.8. The lowest BCUT2D eigenvalue weighted by atomic mass is 10.1. The van der Waals surface area contributed by atoms with Gasteiger partial charge < -0.3 is 20.1 Å². The summed E-state index contributed by atoms with van der Waals surface area (Å²) in [5.41, 5.74) is 5.39. The van der Waals surface area contributed by atoms with Crippen molar-refractivity contribution in [1.82, 2.24) is 0 Å². The molecule has 0 saturated heterocycles. The van der Waals surface area contributed by atoms with E-state index in [2.05, 4.69) is 233 Å². The van der Waals surface area contributed by atoms with Crippen molar-refractivity contribution in [2.75, 3.05) is 26.4 Å². The van der Waals surface area contributed by atoms with E-state index in [0.29, 0.717) is 12.8 Å². The van der Waals surface area contributed by atoms with Gasteiger partial charge >= 0.3 is 19.8 Å². The van der Waals surface area contributed by atoms with Gasteiger partial charge in [-0.2, -0.15) is 0 Å². The number of rotatable bonds is 61. The van der Waals surface area contributed by atoms with E-state index >= 15 is 0 Å². The van der Waals surface area contributed by atoms with Crippen molar-refractivity contribution in [3.8, 4) is 0 Å². The summed E-state index contributed by atoms with van der Waals surface area (Å²) in [5.74, 6) is -0.891. The van der Waals surface area contributed by atoms with E-state index in [9.17, 15) is 19.0 Å². The summed E-state index contributed by atoms with van der Waals surface area (Å²) in [6.07, 6.45) is 112. The number of phosphoric ester groups is 1. The second-order valence-corrected chi connectivity index (χ2v) is 23.0. The van der Waals surface area contributed by atoms with Gasteiger partial charge in [-0.05, 0) is 154 Å². The molecule has 0 amide bonds. The number of phosphoric acid groups is 1. The molecule has 89 heavy (non-hydrogen) atoms. The Morgan fingerprint density at radius 2 is 0.584 bits per heavy atom. The lowest BCUT2D eigenvalue weighted by Crippen LogP contribution is -2.29. The van der Waals surface area contributed by atoms with Gasteiger partial charge in [-0.1, -0.05) is 284 Å². The first-order valence-electron chi connectivity index (χ1n) is 34.2. The summed E-state index contributed by atoms with van der Waals surface area (Å²) in [7, 11) is -4.42. The van der Waals surface area contributed by atoms with E-state index < -0.39 is 32.5 Å². The Balaban J connectivity index is 4.09. The molecule has 0 bridgehead atoms. The third kappa shape index (κ3) is 71.3. The van der Waals surface area contributed by atoms with E-state index in [1.54, 1.807) is 0 Å². The molecule has 0 aromatic rings. The number of hydrogen-bond donors (Lipinski definition) is 2. The first-order valence-corrected chi connectivity index (χ1v) is 35.7. The summed E-state index contributed by atoms with van der Waals surface area (Å²) in [5, 5.41) is 0. The van der Waals surface area contributed by atoms with E-state index in [4.69, 9.17) is 24.3 Å². The molecule has 2 unspecified atom stereocenters. The highest BCUT2D eigenvalue weighted by Crippen LogP contribution is 2.43. The van der Waals surface area contributed by atoms with E-state index in [0.717, 1.165) is 161 Å². The molecule has 0 aliphatic carbocycles. The number of carbonyl (C=O) groups excluding carboxylic acids is 2. The predicted molar refractivity (Wildman–Crippen MR) is 384 cm³/mol. The van der Waals surface area contributed by atoms with Gasteiger partial charge in [0.2, 0.25) is 0 Å². The average Bonchev–Trinajstić information content (AvgIpc) is 3.68. The molecular weight excluding hydrogens is 1120 g/mol. The van der Waals surface area contributed by atoms with Crippen LogP contribution in [0.1, 0.15) is 232 Å². The van der Waals surface area contributed by atoms with Gasteiger partial charge in [0.25, 0.3) is 0 Å². The first kappa shape index (κ1) is 83.3. The smallest absolute Gasteiger partial charge is 0.462 e. The largest absolute Gasteiger partial charge is 0.472 e. The first-order chi connectivity index (χ1) is 43.8. The van der Waals surface area contributed by atoms with Crippen LogP contribution in [0.2, 0.25) is 0 Å². The Labute approximate surface area is 543 Å². The van der Waals surface area contributed by atoms with Crippen LogP contribution in [0.5, 0.6) is 0 Å². The Morgan fingerprint density at radius 3 is 0.876 bits per heavy atom. The van der Waals surface area contributed by atoms with Crippen LogP contribution in [-0.2, 0) is 32.7 Å². The van der Waals surface area contributed by atoms with Gasteiger partial charge in [0.1, 0.15) is 6.61 Å². The van der Waals surface area contributed by atoms with Crippen molar-refractivity contribution in [2.45, 2.75) is 238 Å². The van der Waals surface area contributed by atoms with Gasteiger partial charge in [0.05, 0.1) is 13.2 Å². The van der Waals surface area contributed by atoms with Crippen LogP contribution in [0, 0.1) is 0 Å². The normalized spacial score (nSPS) is 14.3. The quantitative estimate of drug-likeness (QED) is 0.0264. The Bertz CT molecular complexity index is 2260. The molecule has 0 aromatic heterocycles. The second-order valence-electron chi connectivity index (χ2n) is 21.6. The van der Waals surface area contributed by atoms with E-state index in [1.165, 1.54) is 32.1 Å². The minimum Gasteiger partial charge on any atom is -0.462 e. The van der Waals surface area contributed by atoms with Crippen molar-refractivity contribution in [1.29, 1.82) is 0 Å². The van der Waals surface area contributed by atoms with Crippen LogP contribution in [0.3, 0.4) is 0 Å². The SMILES string of the molecule is CC/C=C\C/C=C\C/C=C\C/C=C\C/C=C\C/C=C\C/C=C\C/C=C\C/C=C\C/C=C\C/C=C\CCCCCC(=O)OC(COC(=O)CCCCCCCCCCC/C=C\C/C=C\C/C=C\C/C=C\C/C=C\C/C=C\C/C=C\CC)COP(=O)(O)OCCN. The van der Waals surface area contributed by atoms with Crippen LogP contribution in [-0.4, -0.2) is 49.3 Å². The Hall–Kier alpha value is -5.67. The Morgan fingerprint density at radius 1 is 0.337 bits per heavy atom. The van der Waals surface area contributed by atoms with E-state index in [1.807, 2.05) is 0 Å². The van der Waals surface area contributed by atoms with Crippen LogP contribution >= 0.6 is 7.82 Å². The molecule has 0 rings (SSSR count). The van der Waals surface area contributed by atoms with Gasteiger partial charge in [-0.25, -0.2) is 4.57 Å². The van der Waals surface area contributed by atoms with E-state index in [-0.39, 0.29) is 32.6 Å². The van der Waals surface area contributed by atoms with Crippen LogP contribution in [0.25, 0.3) is 0 Å². The van der Waals surface area contributed by atoms with Crippen molar-refractivity contribution in [3.63, 3.8) is 0 Å². The number of carbonyl (C=O) groups is 2. The lowest BCUT2D eigenvalue weighted by molar-refractivity contribution is -0.161. The zero-order valence-electron chi connectivity index (χ0n) is 55.6. The average molecular weight is 1240 g/mol. The maximum Gasteiger partial charge on any atom is 0.472 e. The fraction of sp³-hybridized carbons (Fsp3) is 0.519. The van der Waals surface area contributed by atoms with Crippen LogP contribution < -0.4 is 5.73 Å². The summed E-state index contributed by atoms with van der Waals surface area (Å²) in [4.78, 5) is 35.3. The molecule has 0 fully saturated rings. The van der Waals surface area contributed by atoms with Crippen molar-refractivity contribution >= 4 is 19.8 Å². The number of ether oxygens (including phenoxy) is 2. The number of hydrogen-bond acceptors (Lipinski definition) is 8. The fourth-order valence-electron chi connectivity index (χ4n) is 8.38. The summed E-state index contributed by atoms with van der Waals surface area (Å²) in [6.45, 7) is 3.44. The molecule has 3 N–H and O–H groups in total. The highest BCUT2D eigenvalue weighted by atomic mass is 31.2. The molecular formula is C79H122NO8P. The molecule has 0 aliphatic rings. The molecule has 10 heteroatoms. The van der Waals surface area contributed by atoms with Gasteiger partial charge in [0, 0.05) is 19.4 Å². The van der Waals surface area contributed by atoms with Crippen LogP contribution in [0.4, 0.5) is 0 Å². The third-order valence-electron chi connectivity index (χ3n) is 13.4. The molecule has 0 saturated carbocycles. The van der Waals surface area contributed by atoms with Crippen molar-refractivity contribution in [3.05, 3.63) is 219 Å². The molecule has 496 valence electrons. The fourth-order valence-corrected chi connectivity index (χ4v) is 9.15. The van der Waals surface area contributed by atoms with Crippen molar-refractivity contribution < 1.29 is 37.6 Å². The predicted octanol–water partition coefficient (Wildman–Crippen LogP) is 22.8. The van der Waals surface area contributed by atoms with Gasteiger partial charge in [-0.15, -0.1) is 0 Å². The highest BCUT2D eigenvalue weighted by molar-refractivity contribution is 7.47. The minimum atomic E-state index is -4.42. The molecule has 2 atom stereocenters. The standard InChI is InChI=1S/C79H122NO8P/c1-3-5-7-9-11-13-15-17-19-21-23-25-27-29-31-33-35-36-37-38-39-40-42-44-46-48-50-52-54-56-58-60-62-64-66-68-70-72-79(82)88-77(76-87-89(83,84)86-74-73-80)75-85-78(81)71-69-67-65-63-61-59-57-55-53-51-49-47-45-43-41-34-32-30-28-26-24-22-20-18-16-14-12-10-8-6-4-2/h5-8,11-14,17-20,23-26,29-32,35-36,38-39,41-44,47-50,54,56,60,62,77H,3-4,9-10,15-16,21-22,27-28,33-34,37,40,45-46,51-53,55,57-59,61,63-76,80H2,1-2H3,(H,83,84)/b7-5-,8-6-,13-11-,14-12-,19-17-,20-18-,25-23-,26-24-,31-29-,32-30-,36-35-,39-38-,43-41-,44-42-,49-47-,50-48-,56-54-,62-60-. The van der Waals surface area contributed by atoms with Crippen molar-refractivity contribution in [2.24, 2.45) is 5.73 Å². The Kier molecular flexibility index (Phi) is 66.9. The molecule has 0 spiro atoms. The van der Waals surface area contributed by atoms with Gasteiger partial charge in [0.15, 0.2) is 6.10 Å². The summed E-state index contributed by atoms with van der Waals surface area (Å²) < 4.78 is 33.1. The third-order valence-corrected chi connectivity index (χ3v) is 14.3. The number of allylic oxidation sites excluding steroid dienone is 36. The molecule has 0 radical (unpaired) electrons. The zero-order chi connectivity index (χ0) is 64.4. The maximum atomic E-state index is 12.8. The summed E-state index contributed by atoms with van der Waals surface area (Å²) in [6, 6.07) is 0. The number of nitrogens with two attached hydrogens (primary N) is 1. The molecule has 0 heterocycles. The molecule has 0 aromatic carbocycles. The topological polar surface area (TPSA) is 134 Å². The summed E-state index contributed by atoms with van der Waals surface area (Å²) >= 11 is 0. The number of unbranched alkanes of at least 4 members (excludes halogenated alkanes) is 12. The second kappa shape index (κ2) is 71.4.